The van der Waals surface area contributed by atoms with Crippen LogP contribution in [0.3, 0.4) is 0 Å². The lowest BCUT2D eigenvalue weighted by Gasteiger charge is -2.35. The second kappa shape index (κ2) is 12.6. The Morgan fingerprint density at radius 2 is 1.68 bits per heavy atom. The minimum Gasteiger partial charge on any atom is -0.486 e. The van der Waals surface area contributed by atoms with Gasteiger partial charge >= 0.3 is 12.0 Å². The predicted molar refractivity (Wildman–Crippen MR) is 160 cm³/mol. The van der Waals surface area contributed by atoms with E-state index >= 15 is 0 Å². The van der Waals surface area contributed by atoms with Gasteiger partial charge in [-0.25, -0.2) is 4.79 Å². The van der Waals surface area contributed by atoms with E-state index < -0.39 is 5.97 Å². The van der Waals surface area contributed by atoms with Crippen LogP contribution in [0.1, 0.15) is 75.8 Å². The molecule has 1 aliphatic carbocycles. The van der Waals surface area contributed by atoms with Crippen LogP contribution in [0.2, 0.25) is 0 Å². The first-order chi connectivity index (χ1) is 19.4. The maximum Gasteiger partial charge on any atom is 0.326 e. The Bertz CT molecular complexity index is 1330. The first-order valence-electron chi connectivity index (χ1n) is 14.7. The van der Waals surface area contributed by atoms with Gasteiger partial charge < -0.3 is 15.2 Å². The van der Waals surface area contributed by atoms with Crippen molar-refractivity contribution in [3.05, 3.63) is 77.9 Å². The average Bonchev–Trinajstić information content (AvgIpc) is 2.97. The van der Waals surface area contributed by atoms with Crippen molar-refractivity contribution >= 4 is 23.4 Å². The molecule has 1 aliphatic heterocycles. The number of anilines is 2. The van der Waals surface area contributed by atoms with E-state index in [0.717, 1.165) is 78.8 Å². The summed E-state index contributed by atoms with van der Waals surface area (Å²) >= 11 is 0. The number of nitrogens with one attached hydrogen (secondary N) is 1. The van der Waals surface area contributed by atoms with Gasteiger partial charge in [0.1, 0.15) is 11.9 Å². The van der Waals surface area contributed by atoms with Gasteiger partial charge in [0, 0.05) is 12.1 Å². The van der Waals surface area contributed by atoms with Gasteiger partial charge in [-0.05, 0) is 90.8 Å². The summed E-state index contributed by atoms with van der Waals surface area (Å²) in [6.07, 6.45) is 7.01. The number of nitrogens with zero attached hydrogens (tertiary/aromatic N) is 1. The van der Waals surface area contributed by atoms with Crippen LogP contribution in [-0.2, 0) is 11.2 Å². The third kappa shape index (κ3) is 6.33. The van der Waals surface area contributed by atoms with E-state index in [2.05, 4.69) is 61.6 Å². The lowest BCUT2D eigenvalue weighted by atomic mass is 9.77. The van der Waals surface area contributed by atoms with Gasteiger partial charge in [-0.1, -0.05) is 68.8 Å². The molecule has 6 nitrogen and oxygen atoms in total. The van der Waals surface area contributed by atoms with Crippen molar-refractivity contribution in [3.63, 3.8) is 0 Å². The van der Waals surface area contributed by atoms with Gasteiger partial charge in [0.25, 0.3) is 0 Å². The number of amides is 2. The van der Waals surface area contributed by atoms with E-state index in [0.29, 0.717) is 18.4 Å². The molecule has 5 rings (SSSR count). The highest BCUT2D eigenvalue weighted by molar-refractivity contribution is 6.03. The molecule has 1 unspecified atom stereocenters. The highest BCUT2D eigenvalue weighted by Gasteiger charge is 2.30. The lowest BCUT2D eigenvalue weighted by molar-refractivity contribution is -0.138. The SMILES string of the molecule is CCCc1ccccc1NC(=O)N1CC(CC)Oc2cc(-c3ccc(C4CCC(CC(=O)O)CC4)cc3)ccc21. The molecule has 3 aromatic rings. The fourth-order valence-electron chi connectivity index (χ4n) is 6.14. The summed E-state index contributed by atoms with van der Waals surface area (Å²) in [7, 11) is 0. The first kappa shape index (κ1) is 27.8. The van der Waals surface area contributed by atoms with Crippen LogP contribution in [0, 0.1) is 5.92 Å². The number of carboxylic acid groups (broad SMARTS) is 1. The van der Waals surface area contributed by atoms with Crippen molar-refractivity contribution in [1.29, 1.82) is 0 Å². The molecular weight excluding hydrogens is 500 g/mol. The number of benzene rings is 3. The van der Waals surface area contributed by atoms with Gasteiger partial charge in [0.05, 0.1) is 12.2 Å². The maximum atomic E-state index is 13.5. The molecule has 0 aromatic heterocycles. The Kier molecular flexibility index (Phi) is 8.73. The Morgan fingerprint density at radius 3 is 2.38 bits per heavy atom. The highest BCUT2D eigenvalue weighted by atomic mass is 16.5. The van der Waals surface area contributed by atoms with E-state index in [1.807, 2.05) is 29.2 Å². The van der Waals surface area contributed by atoms with Crippen LogP contribution < -0.4 is 15.0 Å². The van der Waals surface area contributed by atoms with Crippen molar-refractivity contribution in [1.82, 2.24) is 0 Å². The number of carbonyl (C=O) groups is 2. The Balaban J connectivity index is 1.31. The zero-order valence-corrected chi connectivity index (χ0v) is 23.6. The summed E-state index contributed by atoms with van der Waals surface area (Å²) in [6, 6.07) is 22.7. The highest BCUT2D eigenvalue weighted by Crippen LogP contribution is 2.40. The minimum atomic E-state index is -0.687. The van der Waals surface area contributed by atoms with Crippen LogP contribution in [0.5, 0.6) is 5.75 Å². The fourth-order valence-corrected chi connectivity index (χ4v) is 6.14. The lowest BCUT2D eigenvalue weighted by Crippen LogP contribution is -2.45. The molecule has 1 fully saturated rings. The molecule has 210 valence electrons. The Morgan fingerprint density at radius 1 is 0.950 bits per heavy atom. The van der Waals surface area contributed by atoms with Gasteiger partial charge in [0.2, 0.25) is 0 Å². The Labute approximate surface area is 237 Å². The van der Waals surface area contributed by atoms with Crippen LogP contribution in [0.25, 0.3) is 11.1 Å². The molecule has 0 bridgehead atoms. The number of hydrogen-bond acceptors (Lipinski definition) is 3. The molecular formula is C34H40N2O4. The molecule has 2 N–H and O–H groups in total. The molecule has 0 spiro atoms. The number of fused-ring (bicyclic) bond motifs is 1. The molecule has 0 radical (unpaired) electrons. The molecule has 6 heteroatoms. The number of urea groups is 1. The van der Waals surface area contributed by atoms with Crippen LogP contribution in [0.15, 0.2) is 66.7 Å². The molecule has 40 heavy (non-hydrogen) atoms. The summed E-state index contributed by atoms with van der Waals surface area (Å²) < 4.78 is 6.33. The monoisotopic (exact) mass is 540 g/mol. The fraction of sp³-hybridized carbons (Fsp3) is 0.412. The van der Waals surface area contributed by atoms with Crippen LogP contribution >= 0.6 is 0 Å². The van der Waals surface area contributed by atoms with E-state index in [1.165, 1.54) is 5.56 Å². The van der Waals surface area contributed by atoms with Gasteiger partial charge in [0.15, 0.2) is 0 Å². The number of carboxylic acids is 1. The van der Waals surface area contributed by atoms with Crippen molar-refractivity contribution < 1.29 is 19.4 Å². The summed E-state index contributed by atoms with van der Waals surface area (Å²) in [6.45, 7) is 4.73. The number of carbonyl (C=O) groups excluding carboxylic acids is 1. The normalized spacial score (nSPS) is 20.4. The van der Waals surface area contributed by atoms with Crippen LogP contribution in [0.4, 0.5) is 16.2 Å². The smallest absolute Gasteiger partial charge is 0.326 e. The minimum absolute atomic E-state index is 0.0713. The zero-order chi connectivity index (χ0) is 28.1. The van der Waals surface area contributed by atoms with E-state index in [9.17, 15) is 9.59 Å². The zero-order valence-electron chi connectivity index (χ0n) is 23.6. The standard InChI is InChI=1S/C34H40N2O4/c1-3-7-27-8-5-6-9-30(27)35-34(39)36-22-29(4-2)40-32-21-28(18-19-31(32)36)26-16-14-25(15-17-26)24-12-10-23(11-13-24)20-33(37)38/h5-6,8-9,14-19,21,23-24,29H,3-4,7,10-13,20,22H2,1-2H3,(H,35,39)(H,37,38). The van der Waals surface area contributed by atoms with Gasteiger partial charge in [-0.2, -0.15) is 0 Å². The third-order valence-electron chi connectivity index (χ3n) is 8.43. The maximum absolute atomic E-state index is 13.5. The topological polar surface area (TPSA) is 78.9 Å². The summed E-state index contributed by atoms with van der Waals surface area (Å²) in [5.41, 5.74) is 6.28. The van der Waals surface area contributed by atoms with Gasteiger partial charge in [-0.3, -0.25) is 9.69 Å². The summed E-state index contributed by atoms with van der Waals surface area (Å²) in [4.78, 5) is 26.3. The quantitative estimate of drug-likeness (QED) is 0.301. The number of rotatable bonds is 8. The van der Waals surface area contributed by atoms with E-state index in [4.69, 9.17) is 9.84 Å². The van der Waals surface area contributed by atoms with E-state index in [1.54, 1.807) is 0 Å². The van der Waals surface area contributed by atoms with Gasteiger partial charge in [-0.15, -0.1) is 0 Å². The van der Waals surface area contributed by atoms with Crippen molar-refractivity contribution in [2.24, 2.45) is 5.92 Å². The number of para-hydroxylation sites is 1. The molecule has 3 aromatic carbocycles. The Hall–Kier alpha value is -3.80. The number of ether oxygens (including phenoxy) is 1. The van der Waals surface area contributed by atoms with Crippen molar-refractivity contribution in [3.8, 4) is 16.9 Å². The summed E-state index contributed by atoms with van der Waals surface area (Å²) in [5, 5.41) is 12.2. The third-order valence-corrected chi connectivity index (χ3v) is 8.43. The number of aryl methyl sites for hydroxylation is 1. The second-order valence-electron chi connectivity index (χ2n) is 11.2. The molecule has 1 heterocycles. The molecule has 1 atom stereocenters. The predicted octanol–water partition coefficient (Wildman–Crippen LogP) is 8.26. The number of aliphatic carboxylic acids is 1. The van der Waals surface area contributed by atoms with Crippen LogP contribution in [-0.4, -0.2) is 29.8 Å². The summed E-state index contributed by atoms with van der Waals surface area (Å²) in [5.74, 6) is 0.843. The largest absolute Gasteiger partial charge is 0.486 e. The second-order valence-corrected chi connectivity index (χ2v) is 11.2. The van der Waals surface area contributed by atoms with Crippen molar-refractivity contribution in [2.45, 2.75) is 77.2 Å². The molecule has 1 saturated carbocycles. The molecule has 0 saturated heterocycles. The van der Waals surface area contributed by atoms with E-state index in [-0.39, 0.29) is 18.6 Å². The molecule has 2 amide bonds. The number of hydrogen-bond donors (Lipinski definition) is 2. The first-order valence-corrected chi connectivity index (χ1v) is 14.7. The molecule has 2 aliphatic rings. The van der Waals surface area contributed by atoms with Crippen molar-refractivity contribution in [2.75, 3.05) is 16.8 Å². The average molecular weight is 541 g/mol.